The number of rotatable bonds is 3. The third-order valence-electron chi connectivity index (χ3n) is 2.25. The van der Waals surface area contributed by atoms with E-state index in [1.54, 1.807) is 36.5 Å². The Balaban J connectivity index is 2.18. The number of anilines is 1. The molecule has 90 valence electrons. The van der Waals surface area contributed by atoms with Gasteiger partial charge in [0.05, 0.1) is 5.56 Å². The molecule has 0 saturated heterocycles. The molecule has 2 rings (SSSR count). The van der Waals surface area contributed by atoms with Gasteiger partial charge < -0.3 is 5.32 Å². The average Bonchev–Trinajstić information content (AvgIpc) is 2.39. The molecule has 1 amide bonds. The van der Waals surface area contributed by atoms with E-state index in [9.17, 15) is 9.59 Å². The van der Waals surface area contributed by atoms with Crippen LogP contribution in [0.4, 0.5) is 5.69 Å². The Kier molecular flexibility index (Phi) is 3.84. The van der Waals surface area contributed by atoms with Crippen LogP contribution >= 0.6 is 15.9 Å². The molecule has 0 aliphatic rings. The maximum atomic E-state index is 11.9. The van der Waals surface area contributed by atoms with Gasteiger partial charge in [-0.15, -0.1) is 0 Å². The van der Waals surface area contributed by atoms with Gasteiger partial charge in [-0.3, -0.25) is 14.6 Å². The average molecular weight is 305 g/mol. The summed E-state index contributed by atoms with van der Waals surface area (Å²) in [5, 5.41) is 2.70. The molecule has 18 heavy (non-hydrogen) atoms. The molecule has 0 unspecified atom stereocenters. The summed E-state index contributed by atoms with van der Waals surface area (Å²) in [7, 11) is 0. The van der Waals surface area contributed by atoms with Crippen molar-refractivity contribution in [1.82, 2.24) is 4.98 Å². The van der Waals surface area contributed by atoms with Gasteiger partial charge in [-0.05, 0) is 34.1 Å². The molecule has 1 aromatic heterocycles. The molecule has 2 aromatic rings. The van der Waals surface area contributed by atoms with Crippen molar-refractivity contribution >= 4 is 33.8 Å². The van der Waals surface area contributed by atoms with E-state index in [4.69, 9.17) is 0 Å². The van der Waals surface area contributed by atoms with Crippen LogP contribution in [0.2, 0.25) is 0 Å². The summed E-state index contributed by atoms with van der Waals surface area (Å²) in [5.41, 5.74) is 1.53. The molecule has 0 atom stereocenters. The van der Waals surface area contributed by atoms with Crippen molar-refractivity contribution in [2.24, 2.45) is 0 Å². The van der Waals surface area contributed by atoms with Crippen LogP contribution in [0.25, 0.3) is 0 Å². The second kappa shape index (κ2) is 5.55. The molecular weight excluding hydrogens is 296 g/mol. The zero-order chi connectivity index (χ0) is 13.0. The van der Waals surface area contributed by atoms with Crippen LogP contribution in [0.3, 0.4) is 0 Å². The number of nitrogens with one attached hydrogen (secondary N) is 1. The lowest BCUT2D eigenvalue weighted by Crippen LogP contribution is -2.12. The standard InChI is InChI=1S/C13H9BrN2O2/c14-11-5-10(6-15-7-11)13(18)16-12-3-1-2-9(4-12)8-17/h1-8H,(H,16,18). The van der Waals surface area contributed by atoms with Gasteiger partial charge in [0.25, 0.3) is 5.91 Å². The summed E-state index contributed by atoms with van der Waals surface area (Å²) in [6.07, 6.45) is 3.81. The van der Waals surface area contributed by atoms with Crippen LogP contribution in [0.15, 0.2) is 47.2 Å². The van der Waals surface area contributed by atoms with Crippen molar-refractivity contribution in [2.75, 3.05) is 5.32 Å². The molecule has 5 heteroatoms. The van der Waals surface area contributed by atoms with Gasteiger partial charge in [-0.25, -0.2) is 0 Å². The van der Waals surface area contributed by atoms with Gasteiger partial charge in [0.15, 0.2) is 0 Å². The monoisotopic (exact) mass is 304 g/mol. The van der Waals surface area contributed by atoms with E-state index < -0.39 is 0 Å². The highest BCUT2D eigenvalue weighted by Crippen LogP contribution is 2.13. The summed E-state index contributed by atoms with van der Waals surface area (Å²) in [4.78, 5) is 26.5. The van der Waals surface area contributed by atoms with Gasteiger partial charge in [-0.1, -0.05) is 12.1 Å². The number of hydrogen-bond donors (Lipinski definition) is 1. The largest absolute Gasteiger partial charge is 0.322 e. The number of aldehydes is 1. The number of carbonyl (C=O) groups excluding carboxylic acids is 2. The summed E-state index contributed by atoms with van der Waals surface area (Å²) in [6, 6.07) is 8.38. The highest BCUT2D eigenvalue weighted by molar-refractivity contribution is 9.10. The van der Waals surface area contributed by atoms with Gasteiger partial charge >= 0.3 is 0 Å². The van der Waals surface area contributed by atoms with E-state index in [0.29, 0.717) is 16.8 Å². The normalized spacial score (nSPS) is 9.83. The van der Waals surface area contributed by atoms with Crippen molar-refractivity contribution in [1.29, 1.82) is 0 Å². The van der Waals surface area contributed by atoms with E-state index in [-0.39, 0.29) is 5.91 Å². The Morgan fingerprint density at radius 1 is 1.28 bits per heavy atom. The molecule has 1 N–H and O–H groups in total. The predicted octanol–water partition coefficient (Wildman–Crippen LogP) is 2.91. The van der Waals surface area contributed by atoms with E-state index in [1.807, 2.05) is 0 Å². The molecule has 4 nitrogen and oxygen atoms in total. The molecule has 0 aliphatic heterocycles. The van der Waals surface area contributed by atoms with Crippen molar-refractivity contribution < 1.29 is 9.59 Å². The van der Waals surface area contributed by atoms with Gasteiger partial charge in [0.1, 0.15) is 6.29 Å². The Morgan fingerprint density at radius 2 is 2.11 bits per heavy atom. The zero-order valence-electron chi connectivity index (χ0n) is 9.26. The minimum atomic E-state index is -0.271. The Bertz CT molecular complexity index is 599. The van der Waals surface area contributed by atoms with Crippen molar-refractivity contribution in [3.8, 4) is 0 Å². The molecule has 0 spiro atoms. The second-order valence-electron chi connectivity index (χ2n) is 3.59. The zero-order valence-corrected chi connectivity index (χ0v) is 10.8. The summed E-state index contributed by atoms with van der Waals surface area (Å²) in [6.45, 7) is 0. The Hall–Kier alpha value is -2.01. The summed E-state index contributed by atoms with van der Waals surface area (Å²) < 4.78 is 0.733. The fourth-order valence-corrected chi connectivity index (χ4v) is 1.79. The predicted molar refractivity (Wildman–Crippen MR) is 71.7 cm³/mol. The van der Waals surface area contributed by atoms with Crippen LogP contribution < -0.4 is 5.32 Å². The number of carbonyl (C=O) groups is 2. The van der Waals surface area contributed by atoms with Crippen LogP contribution in [0.1, 0.15) is 20.7 Å². The third kappa shape index (κ3) is 3.01. The first-order valence-electron chi connectivity index (χ1n) is 5.16. The number of benzene rings is 1. The number of hydrogen-bond acceptors (Lipinski definition) is 3. The van der Waals surface area contributed by atoms with Gasteiger partial charge in [0, 0.05) is 28.1 Å². The minimum Gasteiger partial charge on any atom is -0.322 e. The molecule has 0 bridgehead atoms. The van der Waals surface area contributed by atoms with E-state index >= 15 is 0 Å². The molecule has 1 aromatic carbocycles. The molecular formula is C13H9BrN2O2. The molecule has 0 fully saturated rings. The first-order chi connectivity index (χ1) is 8.69. The topological polar surface area (TPSA) is 59.1 Å². The maximum absolute atomic E-state index is 11.9. The van der Waals surface area contributed by atoms with E-state index in [0.717, 1.165) is 10.8 Å². The third-order valence-corrected chi connectivity index (χ3v) is 2.68. The molecule has 0 aliphatic carbocycles. The number of nitrogens with zero attached hydrogens (tertiary/aromatic N) is 1. The number of pyridine rings is 1. The fourth-order valence-electron chi connectivity index (χ4n) is 1.43. The van der Waals surface area contributed by atoms with Crippen molar-refractivity contribution in [3.63, 3.8) is 0 Å². The Morgan fingerprint density at radius 3 is 2.83 bits per heavy atom. The van der Waals surface area contributed by atoms with Crippen molar-refractivity contribution in [3.05, 3.63) is 58.3 Å². The SMILES string of the molecule is O=Cc1cccc(NC(=O)c2cncc(Br)c2)c1. The number of aromatic nitrogens is 1. The number of amides is 1. The molecule has 0 radical (unpaired) electrons. The highest BCUT2D eigenvalue weighted by Gasteiger charge is 2.07. The smallest absolute Gasteiger partial charge is 0.257 e. The number of halogens is 1. The first kappa shape index (κ1) is 12.4. The van der Waals surface area contributed by atoms with Gasteiger partial charge in [-0.2, -0.15) is 0 Å². The summed E-state index contributed by atoms with van der Waals surface area (Å²) in [5.74, 6) is -0.271. The van der Waals surface area contributed by atoms with E-state index in [1.165, 1.54) is 6.20 Å². The fraction of sp³-hybridized carbons (Fsp3) is 0. The summed E-state index contributed by atoms with van der Waals surface area (Å²) >= 11 is 3.25. The first-order valence-corrected chi connectivity index (χ1v) is 5.95. The van der Waals surface area contributed by atoms with Crippen LogP contribution in [0, 0.1) is 0 Å². The molecule has 0 saturated carbocycles. The van der Waals surface area contributed by atoms with Crippen LogP contribution in [-0.4, -0.2) is 17.2 Å². The second-order valence-corrected chi connectivity index (χ2v) is 4.50. The van der Waals surface area contributed by atoms with Crippen LogP contribution in [0.5, 0.6) is 0 Å². The maximum Gasteiger partial charge on any atom is 0.257 e. The lowest BCUT2D eigenvalue weighted by atomic mass is 10.2. The quantitative estimate of drug-likeness (QED) is 0.887. The highest BCUT2D eigenvalue weighted by atomic mass is 79.9. The van der Waals surface area contributed by atoms with Crippen molar-refractivity contribution in [2.45, 2.75) is 0 Å². The van der Waals surface area contributed by atoms with Crippen LogP contribution in [-0.2, 0) is 0 Å². The lowest BCUT2D eigenvalue weighted by Gasteiger charge is -2.05. The van der Waals surface area contributed by atoms with E-state index in [2.05, 4.69) is 26.2 Å². The Labute approximate surface area is 112 Å². The lowest BCUT2D eigenvalue weighted by molar-refractivity contribution is 0.102. The molecule has 1 heterocycles. The minimum absolute atomic E-state index is 0.271. The van der Waals surface area contributed by atoms with Gasteiger partial charge in [0.2, 0.25) is 0 Å².